The average Bonchev–Trinajstić information content (AvgIpc) is 2.72. The number of rotatable bonds is 7. The summed E-state index contributed by atoms with van der Waals surface area (Å²) >= 11 is 0. The highest BCUT2D eigenvalue weighted by atomic mass is 16.4. The van der Waals surface area contributed by atoms with Crippen LogP contribution in [0.15, 0.2) is 36.4 Å². The van der Waals surface area contributed by atoms with Crippen LogP contribution in [0.25, 0.3) is 0 Å². The Balaban J connectivity index is 1.79. The number of aliphatic hydroxyl groups is 1. The Kier molecular flexibility index (Phi) is 5.99. The third-order valence-electron chi connectivity index (χ3n) is 6.25. The fourth-order valence-corrected chi connectivity index (χ4v) is 4.16. The summed E-state index contributed by atoms with van der Waals surface area (Å²) in [4.78, 5) is 18.4. The Hall–Kier alpha value is -2.93. The van der Waals surface area contributed by atoms with Crippen LogP contribution >= 0.6 is 0 Å². The highest BCUT2D eigenvalue weighted by Gasteiger charge is 2.31. The van der Waals surface area contributed by atoms with Crippen molar-refractivity contribution in [2.24, 2.45) is 11.8 Å². The Morgan fingerprint density at radius 3 is 2.43 bits per heavy atom. The Morgan fingerprint density at radius 2 is 1.87 bits per heavy atom. The molecule has 1 saturated carbocycles. The number of aliphatic hydroxyl groups excluding tert-OH is 1. The predicted octanol–water partition coefficient (Wildman–Crippen LogP) is 3.90. The van der Waals surface area contributed by atoms with Crippen molar-refractivity contribution in [2.75, 3.05) is 29.9 Å². The van der Waals surface area contributed by atoms with Gasteiger partial charge in [0, 0.05) is 37.0 Å². The molecule has 0 bridgehead atoms. The number of pyridine rings is 1. The van der Waals surface area contributed by atoms with Crippen LogP contribution in [0.2, 0.25) is 0 Å². The lowest BCUT2D eigenvalue weighted by Gasteiger charge is -2.36. The molecule has 7 nitrogen and oxygen atoms in total. The lowest BCUT2D eigenvalue weighted by molar-refractivity contribution is 0.0690. The maximum atomic E-state index is 11.8. The van der Waals surface area contributed by atoms with Crippen LogP contribution < -0.4 is 10.2 Å². The van der Waals surface area contributed by atoms with Gasteiger partial charge in [-0.2, -0.15) is 0 Å². The number of carboxylic acids is 1. The van der Waals surface area contributed by atoms with E-state index in [1.165, 1.54) is 0 Å². The lowest BCUT2D eigenvalue weighted by atomic mass is 9.79. The number of aromatic carboxylic acids is 1. The lowest BCUT2D eigenvalue weighted by Crippen LogP contribution is -2.37. The van der Waals surface area contributed by atoms with Gasteiger partial charge in [-0.3, -0.25) is 0 Å². The van der Waals surface area contributed by atoms with E-state index in [0.717, 1.165) is 56.6 Å². The molecule has 1 aromatic heterocycles. The van der Waals surface area contributed by atoms with E-state index in [2.05, 4.69) is 15.2 Å². The molecule has 1 saturated heterocycles. The van der Waals surface area contributed by atoms with E-state index < -0.39 is 5.97 Å². The summed E-state index contributed by atoms with van der Waals surface area (Å²) in [6.07, 6.45) is 4.77. The molecule has 30 heavy (non-hydrogen) atoms. The number of benzene rings is 1. The minimum Gasteiger partial charge on any atom is -0.477 e. The van der Waals surface area contributed by atoms with Crippen LogP contribution in [0.3, 0.4) is 0 Å². The first-order chi connectivity index (χ1) is 14.6. The highest BCUT2D eigenvalue weighted by Crippen LogP contribution is 2.38. The van der Waals surface area contributed by atoms with Gasteiger partial charge in [0.25, 0.3) is 0 Å². The molecule has 0 atom stereocenters. The Labute approximate surface area is 176 Å². The van der Waals surface area contributed by atoms with Crippen molar-refractivity contribution < 1.29 is 15.0 Å². The van der Waals surface area contributed by atoms with Crippen molar-refractivity contribution in [1.29, 1.82) is 5.41 Å². The first kappa shape index (κ1) is 20.3. The van der Waals surface area contributed by atoms with Crippen LogP contribution in [0.5, 0.6) is 0 Å². The molecule has 4 N–H and O–H groups in total. The minimum absolute atomic E-state index is 0.0297. The number of hydrogen-bond acceptors (Lipinski definition) is 6. The molecule has 0 spiro atoms. The van der Waals surface area contributed by atoms with Gasteiger partial charge >= 0.3 is 5.97 Å². The van der Waals surface area contributed by atoms with Crippen molar-refractivity contribution in [3.8, 4) is 0 Å². The minimum atomic E-state index is -1.08. The quantitative estimate of drug-likeness (QED) is 0.517. The van der Waals surface area contributed by atoms with Gasteiger partial charge in [-0.1, -0.05) is 24.6 Å². The van der Waals surface area contributed by atoms with Gasteiger partial charge in [-0.25, -0.2) is 9.78 Å². The van der Waals surface area contributed by atoms with Gasteiger partial charge < -0.3 is 25.8 Å². The summed E-state index contributed by atoms with van der Waals surface area (Å²) in [5.74, 6) is -0.192. The van der Waals surface area contributed by atoms with E-state index in [1.807, 2.05) is 30.3 Å². The van der Waals surface area contributed by atoms with Gasteiger partial charge in [0.05, 0.1) is 11.3 Å². The predicted molar refractivity (Wildman–Crippen MR) is 117 cm³/mol. The molecule has 2 aromatic rings. The first-order valence-electron chi connectivity index (χ1n) is 10.6. The number of aromatic nitrogens is 1. The van der Waals surface area contributed by atoms with Crippen molar-refractivity contribution >= 4 is 28.9 Å². The van der Waals surface area contributed by atoms with Crippen LogP contribution in [0, 0.1) is 17.2 Å². The number of anilines is 3. The van der Waals surface area contributed by atoms with Crippen molar-refractivity contribution in [3.63, 3.8) is 0 Å². The van der Waals surface area contributed by atoms with E-state index in [9.17, 15) is 15.0 Å². The van der Waals surface area contributed by atoms with Gasteiger partial charge in [0.2, 0.25) is 0 Å². The summed E-state index contributed by atoms with van der Waals surface area (Å²) < 4.78 is 0. The largest absolute Gasteiger partial charge is 0.477 e. The first-order valence-corrected chi connectivity index (χ1v) is 10.6. The van der Waals surface area contributed by atoms with Gasteiger partial charge in [-0.15, -0.1) is 0 Å². The summed E-state index contributed by atoms with van der Waals surface area (Å²) in [5.41, 5.74) is 2.77. The Morgan fingerprint density at radius 1 is 1.17 bits per heavy atom. The summed E-state index contributed by atoms with van der Waals surface area (Å²) in [6.45, 7) is 1.63. The molecule has 0 amide bonds. The molecule has 0 radical (unpaired) electrons. The van der Waals surface area contributed by atoms with Crippen molar-refractivity contribution in [2.45, 2.75) is 32.1 Å². The maximum Gasteiger partial charge on any atom is 0.354 e. The zero-order valence-corrected chi connectivity index (χ0v) is 17.0. The number of piperidine rings is 1. The highest BCUT2D eigenvalue weighted by molar-refractivity contribution is 6.10. The molecular formula is C23H28N4O3. The molecule has 2 heterocycles. The average molecular weight is 409 g/mol. The fraction of sp³-hybridized carbons (Fsp3) is 0.435. The van der Waals surface area contributed by atoms with Crippen LogP contribution in [0.1, 0.15) is 48.2 Å². The van der Waals surface area contributed by atoms with Crippen molar-refractivity contribution in [1.82, 2.24) is 4.98 Å². The van der Waals surface area contributed by atoms with Crippen molar-refractivity contribution in [3.05, 3.63) is 47.7 Å². The summed E-state index contributed by atoms with van der Waals surface area (Å²) in [5, 5.41) is 31.3. The number of para-hydroxylation sites is 1. The number of hydrogen-bond donors (Lipinski definition) is 4. The van der Waals surface area contributed by atoms with Gasteiger partial charge in [0.1, 0.15) is 5.82 Å². The van der Waals surface area contributed by atoms with E-state index >= 15 is 0 Å². The SMILES string of the molecule is N=C(c1c(N2CCC(CO)CC2)cc(C(=O)O)nc1Nc1ccccc1)C1CCC1. The molecule has 4 rings (SSSR count). The zero-order valence-electron chi connectivity index (χ0n) is 17.0. The second-order valence-electron chi connectivity index (χ2n) is 8.20. The third-order valence-corrected chi connectivity index (χ3v) is 6.25. The normalized spacial score (nSPS) is 17.4. The van der Waals surface area contributed by atoms with E-state index in [-0.39, 0.29) is 24.1 Å². The van der Waals surface area contributed by atoms with E-state index in [1.54, 1.807) is 6.07 Å². The standard InChI is InChI=1S/C23H28N4O3/c24-21(16-5-4-6-16)20-19(27-11-9-15(14-28)10-12-27)13-18(23(29)30)26-22(20)25-17-7-2-1-3-8-17/h1-3,7-8,13,15-16,24,28H,4-6,9-12,14H2,(H,25,26)(H,29,30). The summed E-state index contributed by atoms with van der Waals surface area (Å²) in [7, 11) is 0. The number of carboxylic acid groups (broad SMARTS) is 1. The second kappa shape index (κ2) is 8.83. The Bertz CT molecular complexity index is 920. The molecule has 1 aromatic carbocycles. The molecule has 158 valence electrons. The molecular weight excluding hydrogens is 380 g/mol. The summed E-state index contributed by atoms with van der Waals surface area (Å²) in [6, 6.07) is 11.1. The number of nitrogens with one attached hydrogen (secondary N) is 2. The topological polar surface area (TPSA) is 110 Å². The third kappa shape index (κ3) is 4.16. The van der Waals surface area contributed by atoms with Crippen LogP contribution in [-0.4, -0.2) is 46.6 Å². The molecule has 7 heteroatoms. The monoisotopic (exact) mass is 408 g/mol. The van der Waals surface area contributed by atoms with E-state index in [0.29, 0.717) is 17.1 Å². The molecule has 1 aliphatic carbocycles. The van der Waals surface area contributed by atoms with Gasteiger partial charge in [-0.05, 0) is 49.8 Å². The fourth-order valence-electron chi connectivity index (χ4n) is 4.16. The molecule has 2 aliphatic rings. The second-order valence-corrected chi connectivity index (χ2v) is 8.20. The molecule has 0 unspecified atom stereocenters. The number of carbonyl (C=O) groups is 1. The van der Waals surface area contributed by atoms with E-state index in [4.69, 9.17) is 5.41 Å². The van der Waals surface area contributed by atoms with Crippen LogP contribution in [-0.2, 0) is 0 Å². The van der Waals surface area contributed by atoms with Crippen LogP contribution in [0.4, 0.5) is 17.2 Å². The van der Waals surface area contributed by atoms with Gasteiger partial charge in [0.15, 0.2) is 5.69 Å². The number of nitrogens with zero attached hydrogens (tertiary/aromatic N) is 2. The zero-order chi connectivity index (χ0) is 21.1. The molecule has 2 fully saturated rings. The molecule has 1 aliphatic heterocycles. The smallest absolute Gasteiger partial charge is 0.354 e. The maximum absolute atomic E-state index is 11.8.